The number of alkyl carbamates (subject to hydrolysis) is 3. The number of nitrogens with one attached hydrogen (secondary N) is 3. The highest BCUT2D eigenvalue weighted by molar-refractivity contribution is 5.69. The van der Waals surface area contributed by atoms with Crippen LogP contribution in [0, 0.1) is 35.5 Å². The first kappa shape index (κ1) is 28.5. The van der Waals surface area contributed by atoms with Crippen molar-refractivity contribution in [3.05, 3.63) is 0 Å². The quantitative estimate of drug-likeness (QED) is 0.280. The predicted molar refractivity (Wildman–Crippen MR) is 146 cm³/mol. The van der Waals surface area contributed by atoms with Crippen LogP contribution in [0.25, 0.3) is 0 Å². The third-order valence-electron chi connectivity index (χ3n) is 11.6. The summed E-state index contributed by atoms with van der Waals surface area (Å²) in [5.74, 6) is 3.15. The van der Waals surface area contributed by atoms with Gasteiger partial charge in [0.05, 0.1) is 0 Å². The van der Waals surface area contributed by atoms with Crippen molar-refractivity contribution in [2.45, 2.75) is 126 Å². The highest BCUT2D eigenvalue weighted by atomic mass is 16.7. The first-order valence-electron chi connectivity index (χ1n) is 16.2. The van der Waals surface area contributed by atoms with Crippen molar-refractivity contribution in [3.63, 3.8) is 0 Å². The van der Waals surface area contributed by atoms with Crippen LogP contribution >= 0.6 is 0 Å². The lowest BCUT2D eigenvalue weighted by Gasteiger charge is -2.41. The summed E-state index contributed by atoms with van der Waals surface area (Å²) in [5, 5.41) is 30.9. The Kier molecular flexibility index (Phi) is 7.89. The predicted octanol–water partition coefficient (Wildman–Crippen LogP) is 2.55. The van der Waals surface area contributed by atoms with E-state index in [9.17, 15) is 24.6 Å². The Labute approximate surface area is 245 Å². The van der Waals surface area contributed by atoms with Crippen LogP contribution < -0.4 is 16.0 Å². The fourth-order valence-corrected chi connectivity index (χ4v) is 9.54. The Balaban J connectivity index is 0.975. The van der Waals surface area contributed by atoms with E-state index < -0.39 is 49.0 Å². The molecule has 3 amide bonds. The van der Waals surface area contributed by atoms with Gasteiger partial charge in [0.25, 0.3) is 0 Å². The van der Waals surface area contributed by atoms with Gasteiger partial charge in [-0.15, -0.1) is 0 Å². The standard InChI is InChI=1S/C30H45N3O9/c34-24-23(13-39-28(36)31-20-10-14-1-4-17(20)7-14)40-27(35)26(42-30(38)33-22-12-16-3-6-19(22)9-16)25(24)41-29(37)32-21-11-15-2-5-18(21)8-15/h14-27,34-35H,1-13H2,(H,31,36)(H,32,37)(H,33,38)/t14?,15?,16?,17?,18?,19?,20?,21?,22?,23-,24-,25+,26-,27+/m1/s1. The number of hydrogen-bond donors (Lipinski definition) is 5. The molecule has 14 atom stereocenters. The summed E-state index contributed by atoms with van der Waals surface area (Å²) in [6.07, 6.45) is 3.37. The lowest BCUT2D eigenvalue weighted by Crippen LogP contribution is -2.62. The van der Waals surface area contributed by atoms with Gasteiger partial charge >= 0.3 is 18.3 Å². The van der Waals surface area contributed by atoms with E-state index in [0.29, 0.717) is 35.5 Å². The molecule has 7 rings (SSSR count). The molecule has 1 aliphatic heterocycles. The van der Waals surface area contributed by atoms with Gasteiger partial charge in [0.2, 0.25) is 0 Å². The normalized spacial score (nSPS) is 46.4. The molecule has 0 aromatic rings. The topological polar surface area (TPSA) is 165 Å². The molecular weight excluding hydrogens is 546 g/mol. The zero-order valence-electron chi connectivity index (χ0n) is 24.0. The third kappa shape index (κ3) is 5.78. The molecular formula is C30H45N3O9. The van der Waals surface area contributed by atoms with Crippen LogP contribution in [0.1, 0.15) is 77.0 Å². The number of hydrogen-bond acceptors (Lipinski definition) is 9. The van der Waals surface area contributed by atoms with Gasteiger partial charge in [0.1, 0.15) is 18.8 Å². The van der Waals surface area contributed by atoms with E-state index >= 15 is 0 Å². The molecule has 234 valence electrons. The molecule has 12 nitrogen and oxygen atoms in total. The average Bonchev–Trinajstić information content (AvgIpc) is 3.80. The molecule has 6 saturated carbocycles. The number of aliphatic hydroxyl groups excluding tert-OH is 2. The molecule has 1 heterocycles. The van der Waals surface area contributed by atoms with Crippen LogP contribution in [0.3, 0.4) is 0 Å². The zero-order chi connectivity index (χ0) is 29.0. The maximum Gasteiger partial charge on any atom is 0.407 e. The second-order valence-corrected chi connectivity index (χ2v) is 14.2. The lowest BCUT2D eigenvalue weighted by molar-refractivity contribution is -0.284. The van der Waals surface area contributed by atoms with Crippen molar-refractivity contribution in [1.29, 1.82) is 0 Å². The Morgan fingerprint density at radius 1 is 0.619 bits per heavy atom. The molecule has 0 spiro atoms. The SMILES string of the molecule is O=C(NC1CC2CCC1C2)OC[C@H]1O[C@H](O)[C@H](OC(=O)NC2CC3CCC2C3)[C@@H](OC(=O)NC2CC3CCC2C3)[C@@H]1O. The van der Waals surface area contributed by atoms with E-state index in [1.165, 1.54) is 19.3 Å². The van der Waals surface area contributed by atoms with E-state index in [0.717, 1.165) is 57.8 Å². The van der Waals surface area contributed by atoms with E-state index in [1.54, 1.807) is 0 Å². The Morgan fingerprint density at radius 3 is 1.50 bits per heavy atom. The summed E-state index contributed by atoms with van der Waals surface area (Å²) in [6, 6.07) is 0.0707. The van der Waals surface area contributed by atoms with Crippen LogP contribution in [-0.2, 0) is 18.9 Å². The van der Waals surface area contributed by atoms with Crippen molar-refractivity contribution >= 4 is 18.3 Å². The van der Waals surface area contributed by atoms with Crippen molar-refractivity contribution < 1.29 is 43.5 Å². The van der Waals surface area contributed by atoms with Gasteiger partial charge in [-0.3, -0.25) is 0 Å². The highest BCUT2D eigenvalue weighted by Crippen LogP contribution is 2.46. The maximum atomic E-state index is 13.0. The maximum absolute atomic E-state index is 13.0. The van der Waals surface area contributed by atoms with Crippen molar-refractivity contribution in [2.24, 2.45) is 35.5 Å². The molecule has 12 heteroatoms. The molecule has 5 N–H and O–H groups in total. The monoisotopic (exact) mass is 591 g/mol. The summed E-state index contributed by atoms with van der Waals surface area (Å²) in [7, 11) is 0. The molecule has 0 aromatic carbocycles. The molecule has 6 aliphatic carbocycles. The number of carbonyl (C=O) groups excluding carboxylic acids is 3. The Morgan fingerprint density at radius 2 is 1.07 bits per heavy atom. The summed E-state index contributed by atoms with van der Waals surface area (Å²) >= 11 is 0. The fraction of sp³-hybridized carbons (Fsp3) is 0.900. The van der Waals surface area contributed by atoms with E-state index in [4.69, 9.17) is 18.9 Å². The van der Waals surface area contributed by atoms with Crippen molar-refractivity contribution in [3.8, 4) is 0 Å². The van der Waals surface area contributed by atoms with Gasteiger partial charge in [-0.2, -0.15) is 0 Å². The van der Waals surface area contributed by atoms with E-state index in [2.05, 4.69) is 16.0 Å². The van der Waals surface area contributed by atoms with Gasteiger partial charge < -0.3 is 45.1 Å². The number of amides is 3. The van der Waals surface area contributed by atoms with E-state index in [-0.39, 0.29) is 24.7 Å². The zero-order valence-corrected chi connectivity index (χ0v) is 24.0. The smallest absolute Gasteiger partial charge is 0.407 e. The van der Waals surface area contributed by atoms with Crippen molar-refractivity contribution in [1.82, 2.24) is 16.0 Å². The number of ether oxygens (including phenoxy) is 4. The second-order valence-electron chi connectivity index (χ2n) is 14.2. The average molecular weight is 592 g/mol. The number of aliphatic hydroxyl groups is 2. The molecule has 6 bridgehead atoms. The number of carbonyl (C=O) groups is 3. The van der Waals surface area contributed by atoms with Crippen LogP contribution in [0.5, 0.6) is 0 Å². The number of rotatable bonds is 7. The molecule has 1 saturated heterocycles. The molecule has 42 heavy (non-hydrogen) atoms. The van der Waals surface area contributed by atoms with Crippen LogP contribution in [0.15, 0.2) is 0 Å². The van der Waals surface area contributed by atoms with Gasteiger partial charge in [-0.1, -0.05) is 19.3 Å². The van der Waals surface area contributed by atoms with E-state index in [1.807, 2.05) is 0 Å². The number of fused-ring (bicyclic) bond motifs is 6. The second kappa shape index (κ2) is 11.6. The summed E-state index contributed by atoms with van der Waals surface area (Å²) in [4.78, 5) is 38.4. The first-order valence-corrected chi connectivity index (χ1v) is 16.2. The van der Waals surface area contributed by atoms with Gasteiger partial charge in [0, 0.05) is 18.1 Å². The van der Waals surface area contributed by atoms with Crippen LogP contribution in [0.4, 0.5) is 14.4 Å². The molecule has 0 aromatic heterocycles. The minimum absolute atomic E-state index is 0.00183. The largest absolute Gasteiger partial charge is 0.447 e. The van der Waals surface area contributed by atoms with Gasteiger partial charge in [-0.05, 0) is 93.3 Å². The summed E-state index contributed by atoms with van der Waals surface area (Å²) in [5.41, 5.74) is 0. The van der Waals surface area contributed by atoms with Crippen molar-refractivity contribution in [2.75, 3.05) is 6.61 Å². The van der Waals surface area contributed by atoms with Crippen LogP contribution in [-0.4, -0.2) is 83.9 Å². The van der Waals surface area contributed by atoms with Gasteiger partial charge in [-0.25, -0.2) is 14.4 Å². The van der Waals surface area contributed by atoms with Crippen LogP contribution in [0.2, 0.25) is 0 Å². The fourth-order valence-electron chi connectivity index (χ4n) is 9.54. The first-order chi connectivity index (χ1) is 20.3. The minimum atomic E-state index is -1.71. The summed E-state index contributed by atoms with van der Waals surface area (Å²) in [6.45, 7) is -0.372. The molecule has 0 radical (unpaired) electrons. The highest BCUT2D eigenvalue weighted by Gasteiger charge is 2.51. The minimum Gasteiger partial charge on any atom is -0.447 e. The summed E-state index contributed by atoms with van der Waals surface area (Å²) < 4.78 is 22.2. The molecule has 7 fully saturated rings. The van der Waals surface area contributed by atoms with Gasteiger partial charge in [0.15, 0.2) is 18.5 Å². The Hall–Kier alpha value is -2.31. The lowest BCUT2D eigenvalue weighted by atomic mass is 9.95. The third-order valence-corrected chi connectivity index (χ3v) is 11.6. The Bertz CT molecular complexity index is 1050. The molecule has 7 aliphatic rings. The molecule has 9 unspecified atom stereocenters.